The molecule has 1 amide bonds. The topological polar surface area (TPSA) is 69.7 Å². The number of hydrogen-bond acceptors (Lipinski definition) is 4. The van der Waals surface area contributed by atoms with Gasteiger partial charge in [0.15, 0.2) is 0 Å². The molecule has 22 heavy (non-hydrogen) atoms. The van der Waals surface area contributed by atoms with Gasteiger partial charge in [-0.3, -0.25) is 4.79 Å². The lowest BCUT2D eigenvalue weighted by Crippen LogP contribution is -2.47. The highest BCUT2D eigenvalue weighted by Gasteiger charge is 2.29. The van der Waals surface area contributed by atoms with E-state index in [0.717, 1.165) is 32.4 Å². The Balaban J connectivity index is 1.74. The van der Waals surface area contributed by atoms with Crippen molar-refractivity contribution in [3.8, 4) is 0 Å². The fraction of sp³-hybridized carbons (Fsp3) is 0.933. The first-order chi connectivity index (χ1) is 10.4. The maximum absolute atomic E-state index is 12.3. The number of nitrogens with zero attached hydrogens (tertiary/aromatic N) is 2. The monoisotopic (exact) mass is 331 g/mol. The highest BCUT2D eigenvalue weighted by molar-refractivity contribution is 7.88. The zero-order valence-corrected chi connectivity index (χ0v) is 14.6. The van der Waals surface area contributed by atoms with Gasteiger partial charge in [-0.15, -0.1) is 0 Å². The Morgan fingerprint density at radius 3 is 2.32 bits per heavy atom. The lowest BCUT2D eigenvalue weighted by atomic mass is 9.93. The zero-order valence-electron chi connectivity index (χ0n) is 13.8. The molecule has 7 heteroatoms. The van der Waals surface area contributed by atoms with E-state index in [1.807, 2.05) is 11.9 Å². The van der Waals surface area contributed by atoms with Crippen LogP contribution in [-0.4, -0.2) is 69.1 Å². The minimum Gasteiger partial charge on any atom is -0.343 e. The fourth-order valence-electron chi connectivity index (χ4n) is 3.44. The largest absolute Gasteiger partial charge is 0.343 e. The summed E-state index contributed by atoms with van der Waals surface area (Å²) in [4.78, 5) is 14.2. The first-order valence-electron chi connectivity index (χ1n) is 8.29. The van der Waals surface area contributed by atoms with Crippen molar-refractivity contribution in [2.24, 2.45) is 5.92 Å². The molecule has 0 aliphatic carbocycles. The van der Waals surface area contributed by atoms with Crippen LogP contribution in [0, 0.1) is 5.92 Å². The van der Waals surface area contributed by atoms with Crippen LogP contribution in [0.1, 0.15) is 38.5 Å². The Morgan fingerprint density at radius 1 is 1.18 bits per heavy atom. The number of amides is 1. The number of carbonyl (C=O) groups is 1. The van der Waals surface area contributed by atoms with Gasteiger partial charge in [0.1, 0.15) is 0 Å². The first kappa shape index (κ1) is 17.7. The molecule has 0 unspecified atom stereocenters. The van der Waals surface area contributed by atoms with E-state index in [9.17, 15) is 13.2 Å². The molecule has 2 heterocycles. The predicted octanol–water partition coefficient (Wildman–Crippen LogP) is 0.649. The van der Waals surface area contributed by atoms with Crippen LogP contribution in [0.15, 0.2) is 0 Å². The molecule has 0 spiro atoms. The van der Waals surface area contributed by atoms with E-state index in [1.54, 1.807) is 0 Å². The molecule has 0 aromatic heterocycles. The summed E-state index contributed by atoms with van der Waals surface area (Å²) in [5.74, 6) is 0.877. The standard InChI is InChI=1S/C15H29N3O3S/c1-17(14-7-11-18(12-8-14)22(2,20)21)15(19)4-3-13-5-9-16-10-6-13/h13-14,16H,3-12H2,1-2H3. The van der Waals surface area contributed by atoms with Crippen LogP contribution in [-0.2, 0) is 14.8 Å². The van der Waals surface area contributed by atoms with Crippen molar-refractivity contribution in [1.82, 2.24) is 14.5 Å². The normalized spacial score (nSPS) is 22.6. The van der Waals surface area contributed by atoms with Gasteiger partial charge in [0.05, 0.1) is 6.26 Å². The van der Waals surface area contributed by atoms with Gasteiger partial charge in [-0.2, -0.15) is 0 Å². The Morgan fingerprint density at radius 2 is 1.77 bits per heavy atom. The maximum Gasteiger partial charge on any atom is 0.222 e. The fourth-order valence-corrected chi connectivity index (χ4v) is 4.31. The van der Waals surface area contributed by atoms with Crippen LogP contribution < -0.4 is 5.32 Å². The third kappa shape index (κ3) is 4.93. The second-order valence-electron chi connectivity index (χ2n) is 6.63. The number of nitrogens with one attached hydrogen (secondary N) is 1. The number of sulfonamides is 1. The molecule has 2 fully saturated rings. The zero-order chi connectivity index (χ0) is 16.2. The summed E-state index contributed by atoms with van der Waals surface area (Å²) in [5, 5.41) is 3.34. The van der Waals surface area contributed by atoms with Gasteiger partial charge in [0.25, 0.3) is 0 Å². The third-order valence-electron chi connectivity index (χ3n) is 5.06. The summed E-state index contributed by atoms with van der Waals surface area (Å²) in [5.41, 5.74) is 0. The van der Waals surface area contributed by atoms with Crippen molar-refractivity contribution < 1.29 is 13.2 Å². The van der Waals surface area contributed by atoms with Crippen LogP contribution in [0.2, 0.25) is 0 Å². The summed E-state index contributed by atoms with van der Waals surface area (Å²) in [6.45, 7) is 3.18. The Labute approximate surface area is 134 Å². The molecule has 0 saturated carbocycles. The second-order valence-corrected chi connectivity index (χ2v) is 8.61. The van der Waals surface area contributed by atoms with Gasteiger partial charge in [-0.05, 0) is 51.1 Å². The van der Waals surface area contributed by atoms with Crippen molar-refractivity contribution in [2.75, 3.05) is 39.5 Å². The molecule has 0 radical (unpaired) electrons. The van der Waals surface area contributed by atoms with Crippen LogP contribution >= 0.6 is 0 Å². The third-order valence-corrected chi connectivity index (χ3v) is 6.36. The summed E-state index contributed by atoms with van der Waals surface area (Å²) < 4.78 is 24.5. The molecule has 1 N–H and O–H groups in total. The van der Waals surface area contributed by atoms with Crippen LogP contribution in [0.3, 0.4) is 0 Å². The quantitative estimate of drug-likeness (QED) is 0.803. The molecule has 0 aromatic rings. The molecule has 2 aliphatic rings. The van der Waals surface area contributed by atoms with Crippen LogP contribution in [0.25, 0.3) is 0 Å². The predicted molar refractivity (Wildman–Crippen MR) is 87.0 cm³/mol. The Hall–Kier alpha value is -0.660. The van der Waals surface area contributed by atoms with E-state index >= 15 is 0 Å². The average Bonchev–Trinajstić information content (AvgIpc) is 2.52. The molecular formula is C15H29N3O3S. The lowest BCUT2D eigenvalue weighted by molar-refractivity contribution is -0.133. The number of carbonyl (C=O) groups excluding carboxylic acids is 1. The van der Waals surface area contributed by atoms with Crippen molar-refractivity contribution in [2.45, 2.75) is 44.6 Å². The van der Waals surface area contributed by atoms with Crippen LogP contribution in [0.4, 0.5) is 0 Å². The van der Waals surface area contributed by atoms with E-state index in [-0.39, 0.29) is 11.9 Å². The highest BCUT2D eigenvalue weighted by Crippen LogP contribution is 2.21. The molecule has 128 valence electrons. The molecule has 0 atom stereocenters. The van der Waals surface area contributed by atoms with Crippen molar-refractivity contribution in [3.63, 3.8) is 0 Å². The molecule has 2 rings (SSSR count). The van der Waals surface area contributed by atoms with Gasteiger partial charge in [0.2, 0.25) is 15.9 Å². The number of piperidine rings is 2. The highest BCUT2D eigenvalue weighted by atomic mass is 32.2. The Bertz CT molecular complexity index is 466. The Kier molecular flexibility index (Phi) is 6.23. The van der Waals surface area contributed by atoms with Gasteiger partial charge in [-0.1, -0.05) is 0 Å². The smallest absolute Gasteiger partial charge is 0.222 e. The lowest BCUT2D eigenvalue weighted by Gasteiger charge is -2.36. The van der Waals surface area contributed by atoms with Gasteiger partial charge in [0, 0.05) is 32.6 Å². The SMILES string of the molecule is CN(C(=O)CCC1CCNCC1)C1CCN(S(C)(=O)=O)CC1. The van der Waals surface area contributed by atoms with Gasteiger partial charge < -0.3 is 10.2 Å². The van der Waals surface area contributed by atoms with Gasteiger partial charge >= 0.3 is 0 Å². The minimum atomic E-state index is -3.10. The van der Waals surface area contributed by atoms with Gasteiger partial charge in [-0.25, -0.2) is 12.7 Å². The van der Waals surface area contributed by atoms with E-state index in [4.69, 9.17) is 0 Å². The minimum absolute atomic E-state index is 0.179. The van der Waals surface area contributed by atoms with Crippen molar-refractivity contribution in [1.29, 1.82) is 0 Å². The first-order valence-corrected chi connectivity index (χ1v) is 10.1. The molecule has 2 aliphatic heterocycles. The van der Waals surface area contributed by atoms with E-state index in [0.29, 0.717) is 25.4 Å². The summed E-state index contributed by atoms with van der Waals surface area (Å²) in [6, 6.07) is 0.179. The van der Waals surface area contributed by atoms with E-state index < -0.39 is 10.0 Å². The average molecular weight is 331 g/mol. The molecule has 6 nitrogen and oxygen atoms in total. The molecular weight excluding hydrogens is 302 g/mol. The van der Waals surface area contributed by atoms with Crippen molar-refractivity contribution in [3.05, 3.63) is 0 Å². The molecule has 0 aromatic carbocycles. The van der Waals surface area contributed by atoms with E-state index in [1.165, 1.54) is 23.4 Å². The van der Waals surface area contributed by atoms with Crippen molar-refractivity contribution >= 4 is 15.9 Å². The summed E-state index contributed by atoms with van der Waals surface area (Å²) >= 11 is 0. The summed E-state index contributed by atoms with van der Waals surface area (Å²) in [6.07, 6.45) is 6.67. The number of hydrogen-bond donors (Lipinski definition) is 1. The maximum atomic E-state index is 12.3. The summed E-state index contributed by atoms with van der Waals surface area (Å²) in [7, 11) is -1.23. The van der Waals surface area contributed by atoms with E-state index in [2.05, 4.69) is 5.32 Å². The molecule has 0 bridgehead atoms. The second kappa shape index (κ2) is 7.75. The number of rotatable bonds is 5. The molecule has 2 saturated heterocycles. The van der Waals surface area contributed by atoms with Crippen LogP contribution in [0.5, 0.6) is 0 Å².